The predicted octanol–water partition coefficient (Wildman–Crippen LogP) is 2.71. The van der Waals surface area contributed by atoms with Crippen LogP contribution in [0.2, 0.25) is 0 Å². The second-order valence-electron chi connectivity index (χ2n) is 3.90. The molecule has 1 aliphatic heterocycles. The Labute approximate surface area is 91.4 Å². The monoisotopic (exact) mass is 231 g/mol. The Morgan fingerprint density at radius 1 is 1.25 bits per heavy atom. The summed E-state index contributed by atoms with van der Waals surface area (Å²) in [5, 5.41) is 3.12. The number of alkyl halides is 3. The first-order valence-corrected chi connectivity index (χ1v) is 5.01. The van der Waals surface area contributed by atoms with E-state index in [1.54, 1.807) is 0 Å². The molecule has 1 fully saturated rings. The number of halogens is 3. The number of hydrogen-bond donors (Lipinski definition) is 1. The number of hydrogen-bond acceptors (Lipinski definition) is 2. The summed E-state index contributed by atoms with van der Waals surface area (Å²) in [5.41, 5.74) is 0.0830. The lowest BCUT2D eigenvalue weighted by Crippen LogP contribution is -2.22. The van der Waals surface area contributed by atoms with Gasteiger partial charge in [0.1, 0.15) is 6.23 Å². The first-order valence-electron chi connectivity index (χ1n) is 5.01. The van der Waals surface area contributed by atoms with Crippen LogP contribution in [0.1, 0.15) is 24.3 Å². The van der Waals surface area contributed by atoms with E-state index >= 15 is 0 Å². The van der Waals surface area contributed by atoms with E-state index in [-0.39, 0.29) is 12.3 Å². The molecule has 0 saturated carbocycles. The molecule has 0 aliphatic carbocycles. The quantitative estimate of drug-likeness (QED) is 0.802. The van der Waals surface area contributed by atoms with Crippen LogP contribution in [0.15, 0.2) is 24.3 Å². The van der Waals surface area contributed by atoms with E-state index in [0.29, 0.717) is 6.61 Å². The van der Waals surface area contributed by atoms with Crippen LogP contribution in [0.25, 0.3) is 0 Å². The summed E-state index contributed by atoms with van der Waals surface area (Å²) in [4.78, 5) is 0. The normalized spacial score (nSPS) is 26.0. The second-order valence-corrected chi connectivity index (χ2v) is 3.90. The fourth-order valence-electron chi connectivity index (χ4n) is 1.63. The van der Waals surface area contributed by atoms with Gasteiger partial charge in [-0.1, -0.05) is 12.1 Å². The summed E-state index contributed by atoms with van der Waals surface area (Å²) < 4.78 is 42.3. The van der Waals surface area contributed by atoms with E-state index in [9.17, 15) is 13.2 Å². The molecular formula is C11H12F3NO. The number of nitrogens with one attached hydrogen (secondary N) is 1. The van der Waals surface area contributed by atoms with E-state index in [1.165, 1.54) is 12.1 Å². The SMILES string of the molecule is CC1COC(c2ccc(C(F)(F)F)cc2)N1. The summed E-state index contributed by atoms with van der Waals surface area (Å²) in [5.74, 6) is 0. The molecule has 2 rings (SSSR count). The minimum absolute atomic E-state index is 0.229. The molecule has 2 unspecified atom stereocenters. The van der Waals surface area contributed by atoms with Crippen LogP contribution in [-0.4, -0.2) is 12.6 Å². The van der Waals surface area contributed by atoms with Gasteiger partial charge in [-0.25, -0.2) is 0 Å². The van der Waals surface area contributed by atoms with Crippen molar-refractivity contribution in [3.8, 4) is 0 Å². The van der Waals surface area contributed by atoms with Crippen molar-refractivity contribution in [1.29, 1.82) is 0 Å². The van der Waals surface area contributed by atoms with Crippen molar-refractivity contribution in [2.45, 2.75) is 25.4 Å². The minimum atomic E-state index is -4.28. The van der Waals surface area contributed by atoms with E-state index < -0.39 is 11.7 Å². The Morgan fingerprint density at radius 2 is 1.88 bits per heavy atom. The molecule has 0 radical (unpaired) electrons. The maximum atomic E-state index is 12.3. The van der Waals surface area contributed by atoms with Crippen molar-refractivity contribution in [2.24, 2.45) is 0 Å². The molecule has 88 valence electrons. The van der Waals surface area contributed by atoms with Gasteiger partial charge in [0.15, 0.2) is 0 Å². The third kappa shape index (κ3) is 2.36. The van der Waals surface area contributed by atoms with Gasteiger partial charge in [0, 0.05) is 6.04 Å². The maximum Gasteiger partial charge on any atom is 0.416 e. The zero-order valence-corrected chi connectivity index (χ0v) is 8.71. The summed E-state index contributed by atoms with van der Waals surface area (Å²) >= 11 is 0. The van der Waals surface area contributed by atoms with Crippen molar-refractivity contribution in [3.63, 3.8) is 0 Å². The number of benzene rings is 1. The smallest absolute Gasteiger partial charge is 0.357 e. The molecule has 16 heavy (non-hydrogen) atoms. The van der Waals surface area contributed by atoms with Crippen LogP contribution < -0.4 is 5.32 Å². The third-order valence-electron chi connectivity index (χ3n) is 2.49. The van der Waals surface area contributed by atoms with Crippen molar-refractivity contribution in [1.82, 2.24) is 5.32 Å². The highest BCUT2D eigenvalue weighted by atomic mass is 19.4. The van der Waals surface area contributed by atoms with Gasteiger partial charge in [0.25, 0.3) is 0 Å². The van der Waals surface area contributed by atoms with Gasteiger partial charge in [-0.2, -0.15) is 13.2 Å². The zero-order chi connectivity index (χ0) is 11.8. The average molecular weight is 231 g/mol. The van der Waals surface area contributed by atoms with Crippen molar-refractivity contribution < 1.29 is 17.9 Å². The van der Waals surface area contributed by atoms with Crippen molar-refractivity contribution >= 4 is 0 Å². The van der Waals surface area contributed by atoms with Gasteiger partial charge < -0.3 is 4.74 Å². The second kappa shape index (κ2) is 4.07. The van der Waals surface area contributed by atoms with E-state index in [0.717, 1.165) is 17.7 Å². The fourth-order valence-corrected chi connectivity index (χ4v) is 1.63. The molecule has 1 aromatic rings. The first-order chi connectivity index (χ1) is 7.47. The van der Waals surface area contributed by atoms with Crippen LogP contribution in [-0.2, 0) is 10.9 Å². The Hall–Kier alpha value is -1.07. The highest BCUT2D eigenvalue weighted by Gasteiger charge is 2.30. The Balaban J connectivity index is 2.14. The predicted molar refractivity (Wildman–Crippen MR) is 52.7 cm³/mol. The molecule has 1 N–H and O–H groups in total. The minimum Gasteiger partial charge on any atom is -0.357 e. The summed E-state index contributed by atoms with van der Waals surface area (Å²) in [6, 6.07) is 5.26. The van der Waals surface area contributed by atoms with E-state index in [1.807, 2.05) is 6.92 Å². The lowest BCUT2D eigenvalue weighted by Gasteiger charge is -2.12. The standard InChI is InChI=1S/C11H12F3NO/c1-7-6-16-10(15-7)8-2-4-9(5-3-8)11(12,13)14/h2-5,7,10,15H,6H2,1H3. The molecule has 1 heterocycles. The largest absolute Gasteiger partial charge is 0.416 e. The highest BCUT2D eigenvalue weighted by Crippen LogP contribution is 2.30. The topological polar surface area (TPSA) is 21.3 Å². The molecule has 2 atom stereocenters. The van der Waals surface area contributed by atoms with Gasteiger partial charge in [0.05, 0.1) is 12.2 Å². The molecule has 0 bridgehead atoms. The van der Waals surface area contributed by atoms with Gasteiger partial charge in [-0.15, -0.1) is 0 Å². The molecule has 5 heteroatoms. The average Bonchev–Trinajstić information content (AvgIpc) is 2.64. The van der Waals surface area contributed by atoms with Gasteiger partial charge in [-0.05, 0) is 24.6 Å². The molecule has 0 aromatic heterocycles. The Morgan fingerprint density at radius 3 is 2.31 bits per heavy atom. The highest BCUT2D eigenvalue weighted by molar-refractivity contribution is 5.26. The number of rotatable bonds is 1. The van der Waals surface area contributed by atoms with Gasteiger partial charge >= 0.3 is 6.18 Å². The van der Waals surface area contributed by atoms with Gasteiger partial charge in [0.2, 0.25) is 0 Å². The summed E-state index contributed by atoms with van der Waals surface area (Å²) in [7, 11) is 0. The van der Waals surface area contributed by atoms with E-state index in [4.69, 9.17) is 4.74 Å². The van der Waals surface area contributed by atoms with Crippen molar-refractivity contribution in [2.75, 3.05) is 6.61 Å². The van der Waals surface area contributed by atoms with E-state index in [2.05, 4.69) is 5.32 Å². The lowest BCUT2D eigenvalue weighted by atomic mass is 10.1. The molecular weight excluding hydrogens is 219 g/mol. The van der Waals surface area contributed by atoms with Crippen molar-refractivity contribution in [3.05, 3.63) is 35.4 Å². The summed E-state index contributed by atoms with van der Waals surface area (Å²) in [6.45, 7) is 2.54. The van der Waals surface area contributed by atoms with Gasteiger partial charge in [-0.3, -0.25) is 5.32 Å². The summed E-state index contributed by atoms with van der Waals surface area (Å²) in [6.07, 6.45) is -4.58. The molecule has 0 spiro atoms. The van der Waals surface area contributed by atoms with Crippen LogP contribution in [0.3, 0.4) is 0 Å². The molecule has 1 aromatic carbocycles. The molecule has 1 aliphatic rings. The molecule has 2 nitrogen and oxygen atoms in total. The maximum absolute atomic E-state index is 12.3. The zero-order valence-electron chi connectivity index (χ0n) is 8.71. The molecule has 0 amide bonds. The van der Waals surface area contributed by atoms with Crippen LogP contribution in [0.4, 0.5) is 13.2 Å². The third-order valence-corrected chi connectivity index (χ3v) is 2.49. The first kappa shape index (κ1) is 11.4. The molecule has 1 saturated heterocycles. The van der Waals surface area contributed by atoms with Crippen LogP contribution in [0.5, 0.6) is 0 Å². The fraction of sp³-hybridized carbons (Fsp3) is 0.455. The number of ether oxygens (including phenoxy) is 1. The Bertz CT molecular complexity index is 360. The lowest BCUT2D eigenvalue weighted by molar-refractivity contribution is -0.137. The Kier molecular flexibility index (Phi) is 2.90. The van der Waals surface area contributed by atoms with Crippen LogP contribution in [0, 0.1) is 0 Å². The van der Waals surface area contributed by atoms with Crippen LogP contribution >= 0.6 is 0 Å².